The Morgan fingerprint density at radius 2 is 1.85 bits per heavy atom. The number of carbonyl (C=O) groups is 1. The Bertz CT molecular complexity index is 1220. The summed E-state index contributed by atoms with van der Waals surface area (Å²) in [4.78, 5) is 17.0. The highest BCUT2D eigenvalue weighted by Crippen LogP contribution is 2.47. The maximum absolute atomic E-state index is 12.6. The Labute approximate surface area is 194 Å². The largest absolute Gasteiger partial charge is 0.456 e. The van der Waals surface area contributed by atoms with Crippen LogP contribution in [0.5, 0.6) is 0 Å². The number of rotatable bonds is 7. The molecule has 0 saturated carbocycles. The Hall–Kier alpha value is -3.38. The molecule has 170 valence electrons. The number of para-hydroxylation sites is 1. The highest BCUT2D eigenvalue weighted by atomic mass is 16.3. The van der Waals surface area contributed by atoms with Gasteiger partial charge in [0.1, 0.15) is 11.3 Å². The summed E-state index contributed by atoms with van der Waals surface area (Å²) in [5.74, 6) is 0.834. The molecule has 1 saturated heterocycles. The predicted octanol–water partition coefficient (Wildman–Crippen LogP) is 5.19. The molecular formula is C27H30N4O2. The lowest BCUT2D eigenvalue weighted by atomic mass is 9.95. The summed E-state index contributed by atoms with van der Waals surface area (Å²) in [6, 6.07) is 20.6. The monoisotopic (exact) mass is 442 g/mol. The van der Waals surface area contributed by atoms with Crippen molar-refractivity contribution in [2.75, 3.05) is 13.1 Å². The van der Waals surface area contributed by atoms with E-state index in [4.69, 9.17) is 4.42 Å². The van der Waals surface area contributed by atoms with Crippen LogP contribution < -0.4 is 0 Å². The topological polar surface area (TPSA) is 54.5 Å². The number of benzene rings is 2. The Morgan fingerprint density at radius 3 is 2.55 bits per heavy atom. The zero-order valence-electron chi connectivity index (χ0n) is 19.4. The van der Waals surface area contributed by atoms with E-state index in [1.165, 1.54) is 0 Å². The Balaban J connectivity index is 1.62. The van der Waals surface area contributed by atoms with Gasteiger partial charge in [-0.1, -0.05) is 56.3 Å². The maximum atomic E-state index is 12.6. The van der Waals surface area contributed by atoms with Gasteiger partial charge in [0.25, 0.3) is 0 Å². The van der Waals surface area contributed by atoms with Crippen LogP contribution in [0.3, 0.4) is 0 Å². The third kappa shape index (κ3) is 3.64. The molecule has 3 atom stereocenters. The summed E-state index contributed by atoms with van der Waals surface area (Å²) in [6.45, 7) is 6.23. The van der Waals surface area contributed by atoms with Crippen molar-refractivity contribution in [3.63, 3.8) is 0 Å². The van der Waals surface area contributed by atoms with Crippen LogP contribution in [0.1, 0.15) is 43.6 Å². The predicted molar refractivity (Wildman–Crippen MR) is 130 cm³/mol. The average Bonchev–Trinajstić information content (AvgIpc) is 3.56. The van der Waals surface area contributed by atoms with Crippen LogP contribution >= 0.6 is 0 Å². The Kier molecular flexibility index (Phi) is 5.77. The SMILES string of the molecule is CCN(CC)C1CC(c2ccccc2-c2cc3ccccc3o2)N(C=O)C1c1ccnn1C. The van der Waals surface area contributed by atoms with Gasteiger partial charge in [-0.2, -0.15) is 5.10 Å². The van der Waals surface area contributed by atoms with Gasteiger partial charge < -0.3 is 9.32 Å². The van der Waals surface area contributed by atoms with Gasteiger partial charge in [0, 0.05) is 30.2 Å². The molecule has 6 nitrogen and oxygen atoms in total. The second-order valence-corrected chi connectivity index (χ2v) is 8.65. The van der Waals surface area contributed by atoms with E-state index in [2.05, 4.69) is 48.1 Å². The summed E-state index contributed by atoms with van der Waals surface area (Å²) >= 11 is 0. The van der Waals surface area contributed by atoms with E-state index < -0.39 is 0 Å². The van der Waals surface area contributed by atoms with Crippen molar-refractivity contribution in [3.8, 4) is 11.3 Å². The number of fused-ring (bicyclic) bond motifs is 1. The summed E-state index contributed by atoms with van der Waals surface area (Å²) in [5.41, 5.74) is 4.08. The molecule has 5 rings (SSSR count). The van der Waals surface area contributed by atoms with E-state index >= 15 is 0 Å². The molecule has 1 aliphatic rings. The van der Waals surface area contributed by atoms with Crippen molar-refractivity contribution < 1.29 is 9.21 Å². The number of likely N-dealkylation sites (N-methyl/N-ethyl adjacent to an activating group) is 1. The molecule has 1 fully saturated rings. The van der Waals surface area contributed by atoms with Gasteiger partial charge in [-0.25, -0.2) is 0 Å². The normalized spacial score (nSPS) is 20.7. The quantitative estimate of drug-likeness (QED) is 0.370. The number of nitrogens with zero attached hydrogens (tertiary/aromatic N) is 4. The minimum atomic E-state index is -0.0661. The number of furan rings is 1. The van der Waals surface area contributed by atoms with Crippen molar-refractivity contribution in [1.82, 2.24) is 19.6 Å². The van der Waals surface area contributed by atoms with Crippen LogP contribution in [-0.2, 0) is 11.8 Å². The Morgan fingerprint density at radius 1 is 1.09 bits per heavy atom. The van der Waals surface area contributed by atoms with Crippen molar-refractivity contribution in [2.45, 2.75) is 38.4 Å². The van der Waals surface area contributed by atoms with Gasteiger partial charge in [0.05, 0.1) is 17.8 Å². The fraction of sp³-hybridized carbons (Fsp3) is 0.333. The highest BCUT2D eigenvalue weighted by Gasteiger charge is 2.45. The van der Waals surface area contributed by atoms with E-state index in [0.717, 1.165) is 59.5 Å². The first kappa shape index (κ1) is 21.5. The molecule has 2 aromatic heterocycles. The summed E-state index contributed by atoms with van der Waals surface area (Å²) < 4.78 is 8.12. The lowest BCUT2D eigenvalue weighted by Crippen LogP contribution is -2.40. The molecule has 0 aliphatic carbocycles. The smallest absolute Gasteiger partial charge is 0.210 e. The minimum Gasteiger partial charge on any atom is -0.456 e. The number of aromatic nitrogens is 2. The van der Waals surface area contributed by atoms with E-state index in [1.807, 2.05) is 59.2 Å². The standard InChI is InChI=1S/C27H30N4O2/c1-4-30(5-2)24-17-23(31(18-32)27(24)22-14-15-28-29(22)3)20-11-7-8-12-21(20)26-16-19-10-6-9-13-25(19)33-26/h6-16,18,23-24,27H,4-5,17H2,1-3H3. The van der Waals surface area contributed by atoms with Gasteiger partial charge in [0.2, 0.25) is 6.41 Å². The zero-order chi connectivity index (χ0) is 22.9. The summed E-state index contributed by atoms with van der Waals surface area (Å²) in [6.07, 6.45) is 3.68. The number of likely N-dealkylation sites (tertiary alicyclic amines) is 1. The zero-order valence-corrected chi connectivity index (χ0v) is 19.4. The third-order valence-corrected chi connectivity index (χ3v) is 7.09. The fourth-order valence-corrected chi connectivity index (χ4v) is 5.49. The molecule has 0 spiro atoms. The molecule has 6 heteroatoms. The first-order valence-electron chi connectivity index (χ1n) is 11.7. The second-order valence-electron chi connectivity index (χ2n) is 8.65. The molecule has 0 N–H and O–H groups in total. The molecule has 1 amide bonds. The lowest BCUT2D eigenvalue weighted by molar-refractivity contribution is -0.121. The van der Waals surface area contributed by atoms with Crippen LogP contribution in [0.4, 0.5) is 0 Å². The van der Waals surface area contributed by atoms with Gasteiger partial charge in [-0.05, 0) is 43.3 Å². The number of amides is 1. The van der Waals surface area contributed by atoms with E-state index in [-0.39, 0.29) is 18.1 Å². The molecule has 33 heavy (non-hydrogen) atoms. The first-order valence-corrected chi connectivity index (χ1v) is 11.7. The molecule has 3 unspecified atom stereocenters. The van der Waals surface area contributed by atoms with Crippen LogP contribution in [0.2, 0.25) is 0 Å². The molecule has 0 bridgehead atoms. The van der Waals surface area contributed by atoms with Crippen molar-refractivity contribution in [3.05, 3.63) is 78.1 Å². The van der Waals surface area contributed by atoms with Gasteiger partial charge in [-0.15, -0.1) is 0 Å². The van der Waals surface area contributed by atoms with Crippen molar-refractivity contribution >= 4 is 17.4 Å². The minimum absolute atomic E-state index is 0.0580. The van der Waals surface area contributed by atoms with Gasteiger partial charge in [-0.3, -0.25) is 14.4 Å². The second kappa shape index (κ2) is 8.87. The molecule has 1 aliphatic heterocycles. The molecule has 3 heterocycles. The van der Waals surface area contributed by atoms with Crippen LogP contribution in [-0.4, -0.2) is 45.1 Å². The highest BCUT2D eigenvalue weighted by molar-refractivity contribution is 5.83. The molecular weight excluding hydrogens is 412 g/mol. The van der Waals surface area contributed by atoms with E-state index in [1.54, 1.807) is 0 Å². The third-order valence-electron chi connectivity index (χ3n) is 7.09. The molecule has 2 aromatic carbocycles. The van der Waals surface area contributed by atoms with Crippen LogP contribution in [0.15, 0.2) is 71.3 Å². The lowest BCUT2D eigenvalue weighted by Gasteiger charge is -2.33. The summed E-state index contributed by atoms with van der Waals surface area (Å²) in [7, 11) is 1.95. The molecule has 0 radical (unpaired) electrons. The van der Waals surface area contributed by atoms with Crippen molar-refractivity contribution in [2.24, 2.45) is 7.05 Å². The summed E-state index contributed by atoms with van der Waals surface area (Å²) in [5, 5.41) is 5.48. The van der Waals surface area contributed by atoms with Gasteiger partial charge >= 0.3 is 0 Å². The van der Waals surface area contributed by atoms with E-state index in [0.29, 0.717) is 0 Å². The number of hydrogen-bond acceptors (Lipinski definition) is 4. The fourth-order valence-electron chi connectivity index (χ4n) is 5.49. The first-order chi connectivity index (χ1) is 16.2. The van der Waals surface area contributed by atoms with Crippen molar-refractivity contribution in [1.29, 1.82) is 0 Å². The van der Waals surface area contributed by atoms with Crippen LogP contribution in [0, 0.1) is 0 Å². The van der Waals surface area contributed by atoms with Gasteiger partial charge in [0.15, 0.2) is 0 Å². The number of aryl methyl sites for hydroxylation is 1. The number of hydrogen-bond donors (Lipinski definition) is 0. The van der Waals surface area contributed by atoms with Crippen LogP contribution in [0.25, 0.3) is 22.3 Å². The number of carbonyl (C=O) groups excluding carboxylic acids is 1. The average molecular weight is 443 g/mol. The molecule has 4 aromatic rings. The van der Waals surface area contributed by atoms with E-state index in [9.17, 15) is 4.79 Å². The maximum Gasteiger partial charge on any atom is 0.210 e.